The fourth-order valence-electron chi connectivity index (χ4n) is 2.13. The molecule has 102 valence electrons. The molecule has 3 rings (SSSR count). The summed E-state index contributed by atoms with van der Waals surface area (Å²) in [4.78, 5) is 8.58. The molecular weight excluding hydrogens is 272 g/mol. The Balaban J connectivity index is 1.71. The van der Waals surface area contributed by atoms with Crippen molar-refractivity contribution in [3.63, 3.8) is 0 Å². The molecule has 1 N–H and O–H groups in total. The highest BCUT2D eigenvalue weighted by atomic mass is 35.5. The van der Waals surface area contributed by atoms with Crippen molar-refractivity contribution in [1.82, 2.24) is 19.7 Å². The minimum Gasteiger partial charge on any atom is -0.305 e. The third-order valence-electron chi connectivity index (χ3n) is 3.26. The lowest BCUT2D eigenvalue weighted by Gasteiger charge is -2.12. The topological polar surface area (TPSA) is 42.2 Å². The fraction of sp³-hybridized carbons (Fsp3) is 0.200. The number of imidazole rings is 1. The number of halogens is 1. The Morgan fingerprint density at radius 1 is 1.20 bits per heavy atom. The molecule has 0 fully saturated rings. The zero-order valence-electron chi connectivity index (χ0n) is 11.1. The van der Waals surface area contributed by atoms with Gasteiger partial charge in [-0.25, -0.2) is 4.98 Å². The van der Waals surface area contributed by atoms with Gasteiger partial charge in [0.15, 0.2) is 0 Å². The summed E-state index contributed by atoms with van der Waals surface area (Å²) in [5, 5.41) is 4.16. The monoisotopic (exact) mass is 286 g/mol. The second-order valence-corrected chi connectivity index (χ2v) is 5.16. The quantitative estimate of drug-likeness (QED) is 0.801. The highest BCUT2D eigenvalue weighted by molar-refractivity contribution is 6.30. The van der Waals surface area contributed by atoms with Crippen LogP contribution in [0.5, 0.6) is 0 Å². The molecule has 3 aromatic rings. The number of fused-ring (bicyclic) bond motifs is 1. The molecule has 0 saturated heterocycles. The number of nitrogens with one attached hydrogen (secondary N) is 1. The molecule has 0 amide bonds. The Kier molecular flexibility index (Phi) is 3.67. The number of aromatic nitrogens is 3. The van der Waals surface area contributed by atoms with E-state index in [1.807, 2.05) is 41.1 Å². The molecule has 0 radical (unpaired) electrons. The highest BCUT2D eigenvalue weighted by Gasteiger charge is 2.06. The highest BCUT2D eigenvalue weighted by Crippen LogP contribution is 2.14. The van der Waals surface area contributed by atoms with E-state index in [0.29, 0.717) is 11.6 Å². The van der Waals surface area contributed by atoms with Gasteiger partial charge in [-0.05, 0) is 36.8 Å². The molecule has 20 heavy (non-hydrogen) atoms. The molecule has 0 spiro atoms. The van der Waals surface area contributed by atoms with Crippen LogP contribution in [-0.2, 0) is 6.54 Å². The lowest BCUT2D eigenvalue weighted by atomic mass is 10.1. The number of hydrogen-bond acceptors (Lipinski definition) is 3. The van der Waals surface area contributed by atoms with Gasteiger partial charge in [0, 0.05) is 37.4 Å². The lowest BCUT2D eigenvalue weighted by molar-refractivity contribution is 0.568. The molecule has 0 aliphatic heterocycles. The van der Waals surface area contributed by atoms with Crippen LogP contribution in [0.4, 0.5) is 0 Å². The fourth-order valence-corrected chi connectivity index (χ4v) is 2.30. The second-order valence-electron chi connectivity index (χ2n) is 4.73. The molecule has 0 bridgehead atoms. The van der Waals surface area contributed by atoms with Gasteiger partial charge in [0.1, 0.15) is 5.65 Å². The van der Waals surface area contributed by atoms with E-state index in [4.69, 9.17) is 11.6 Å². The molecule has 1 atom stereocenters. The third-order valence-corrected chi connectivity index (χ3v) is 3.48. The van der Waals surface area contributed by atoms with Gasteiger partial charge in [-0.1, -0.05) is 11.6 Å². The minimum atomic E-state index is 0.256. The smallest absolute Gasteiger partial charge is 0.137 e. The van der Waals surface area contributed by atoms with E-state index < -0.39 is 0 Å². The van der Waals surface area contributed by atoms with Crippen LogP contribution >= 0.6 is 11.6 Å². The number of hydrogen-bond donors (Lipinski definition) is 1. The van der Waals surface area contributed by atoms with Crippen LogP contribution in [0.15, 0.2) is 49.1 Å². The molecule has 3 aromatic heterocycles. The largest absolute Gasteiger partial charge is 0.305 e. The summed E-state index contributed by atoms with van der Waals surface area (Å²) in [5.74, 6) is 0. The van der Waals surface area contributed by atoms with Crippen molar-refractivity contribution in [3.05, 3.63) is 65.3 Å². The van der Waals surface area contributed by atoms with Gasteiger partial charge < -0.3 is 9.72 Å². The number of pyridine rings is 2. The third kappa shape index (κ3) is 2.81. The van der Waals surface area contributed by atoms with Crippen LogP contribution < -0.4 is 5.32 Å². The van der Waals surface area contributed by atoms with E-state index in [0.717, 1.165) is 11.3 Å². The van der Waals surface area contributed by atoms with Crippen molar-refractivity contribution in [1.29, 1.82) is 0 Å². The van der Waals surface area contributed by atoms with Crippen molar-refractivity contribution in [3.8, 4) is 0 Å². The Morgan fingerprint density at radius 2 is 2.00 bits per heavy atom. The summed E-state index contributed by atoms with van der Waals surface area (Å²) in [7, 11) is 0. The normalized spacial score (nSPS) is 12.7. The summed E-state index contributed by atoms with van der Waals surface area (Å²) in [6.07, 6.45) is 7.47. The van der Waals surface area contributed by atoms with Crippen LogP contribution in [-0.4, -0.2) is 14.4 Å². The first-order valence-electron chi connectivity index (χ1n) is 6.49. The van der Waals surface area contributed by atoms with Crippen LogP contribution in [0, 0.1) is 0 Å². The summed E-state index contributed by atoms with van der Waals surface area (Å²) in [6.45, 7) is 2.84. The molecule has 3 heterocycles. The van der Waals surface area contributed by atoms with Crippen LogP contribution in [0.1, 0.15) is 24.2 Å². The maximum absolute atomic E-state index is 5.97. The van der Waals surface area contributed by atoms with Crippen molar-refractivity contribution < 1.29 is 0 Å². The van der Waals surface area contributed by atoms with Crippen LogP contribution in [0.2, 0.25) is 5.02 Å². The van der Waals surface area contributed by atoms with E-state index in [1.54, 1.807) is 12.4 Å². The SMILES string of the molecule is CC(NCc1cn2cc(Cl)ccc2n1)c1ccncc1. The number of rotatable bonds is 4. The maximum Gasteiger partial charge on any atom is 0.137 e. The van der Waals surface area contributed by atoms with Crippen molar-refractivity contribution >= 4 is 17.2 Å². The van der Waals surface area contributed by atoms with Crippen molar-refractivity contribution in [2.45, 2.75) is 19.5 Å². The Labute approximate surface area is 122 Å². The summed E-state index contributed by atoms with van der Waals surface area (Å²) in [6, 6.07) is 8.05. The minimum absolute atomic E-state index is 0.256. The summed E-state index contributed by atoms with van der Waals surface area (Å²) >= 11 is 5.97. The van der Waals surface area contributed by atoms with E-state index in [1.165, 1.54) is 5.56 Å². The van der Waals surface area contributed by atoms with Gasteiger partial charge in [-0.2, -0.15) is 0 Å². The first kappa shape index (κ1) is 13.1. The molecule has 5 heteroatoms. The average molecular weight is 287 g/mol. The molecule has 0 aliphatic carbocycles. The van der Waals surface area contributed by atoms with Gasteiger partial charge in [-0.3, -0.25) is 4.98 Å². The molecule has 0 saturated carbocycles. The van der Waals surface area contributed by atoms with Gasteiger partial charge in [0.05, 0.1) is 10.7 Å². The zero-order chi connectivity index (χ0) is 13.9. The Hall–Kier alpha value is -1.91. The predicted molar refractivity (Wildman–Crippen MR) is 79.7 cm³/mol. The summed E-state index contributed by atoms with van der Waals surface area (Å²) < 4.78 is 1.94. The number of nitrogens with zero attached hydrogens (tertiary/aromatic N) is 3. The molecule has 0 aliphatic rings. The maximum atomic E-state index is 5.97. The molecule has 0 aromatic carbocycles. The second kappa shape index (κ2) is 5.61. The summed E-state index contributed by atoms with van der Waals surface area (Å²) in [5.41, 5.74) is 3.11. The van der Waals surface area contributed by atoms with E-state index >= 15 is 0 Å². The Morgan fingerprint density at radius 3 is 2.80 bits per heavy atom. The molecule has 4 nitrogen and oxygen atoms in total. The van der Waals surface area contributed by atoms with Gasteiger partial charge in [-0.15, -0.1) is 0 Å². The van der Waals surface area contributed by atoms with Crippen LogP contribution in [0.25, 0.3) is 5.65 Å². The Bertz CT molecular complexity index is 708. The van der Waals surface area contributed by atoms with Gasteiger partial charge in [0.25, 0.3) is 0 Å². The van der Waals surface area contributed by atoms with E-state index in [2.05, 4.69) is 22.2 Å². The first-order valence-corrected chi connectivity index (χ1v) is 6.86. The first-order chi connectivity index (χ1) is 9.72. The van der Waals surface area contributed by atoms with E-state index in [-0.39, 0.29) is 6.04 Å². The zero-order valence-corrected chi connectivity index (χ0v) is 11.9. The van der Waals surface area contributed by atoms with Crippen molar-refractivity contribution in [2.75, 3.05) is 0 Å². The van der Waals surface area contributed by atoms with Gasteiger partial charge >= 0.3 is 0 Å². The standard InChI is InChI=1S/C15H15ClN4/c1-11(12-4-6-17-7-5-12)18-8-14-10-20-9-13(16)2-3-15(20)19-14/h2-7,9-11,18H,8H2,1H3. The van der Waals surface area contributed by atoms with Gasteiger partial charge in [0.2, 0.25) is 0 Å². The molecular formula is C15H15ClN4. The van der Waals surface area contributed by atoms with Crippen LogP contribution in [0.3, 0.4) is 0 Å². The molecule has 1 unspecified atom stereocenters. The van der Waals surface area contributed by atoms with Crippen molar-refractivity contribution in [2.24, 2.45) is 0 Å². The average Bonchev–Trinajstić information content (AvgIpc) is 2.87. The predicted octanol–water partition coefficient (Wildman–Crippen LogP) is 3.23. The lowest BCUT2D eigenvalue weighted by Crippen LogP contribution is -2.18. The van der Waals surface area contributed by atoms with E-state index in [9.17, 15) is 0 Å².